The first-order valence-corrected chi connectivity index (χ1v) is 5.49. The summed E-state index contributed by atoms with van der Waals surface area (Å²) in [5, 5.41) is 3.26. The van der Waals surface area contributed by atoms with E-state index in [0.29, 0.717) is 6.04 Å². The molecule has 1 aromatic rings. The lowest BCUT2D eigenvalue weighted by molar-refractivity contribution is 0.291. The van der Waals surface area contributed by atoms with Crippen molar-refractivity contribution in [1.29, 1.82) is 0 Å². The van der Waals surface area contributed by atoms with Crippen LogP contribution in [0.15, 0.2) is 18.2 Å². The minimum atomic E-state index is 0.152. The minimum Gasteiger partial charge on any atom is -0.492 e. The van der Waals surface area contributed by atoms with E-state index < -0.39 is 0 Å². The highest BCUT2D eigenvalue weighted by molar-refractivity contribution is 5.45. The topological polar surface area (TPSA) is 21.3 Å². The van der Waals surface area contributed by atoms with Crippen molar-refractivity contribution in [3.8, 4) is 5.75 Å². The van der Waals surface area contributed by atoms with Gasteiger partial charge < -0.3 is 10.1 Å². The first kappa shape index (κ1) is 10.5. The normalized spacial score (nSPS) is 19.5. The van der Waals surface area contributed by atoms with E-state index in [4.69, 9.17) is 4.74 Å². The van der Waals surface area contributed by atoms with Crippen LogP contribution in [0.1, 0.15) is 37.9 Å². The molecule has 82 valence electrons. The molecule has 0 bridgehead atoms. The molecule has 1 atom stereocenters. The van der Waals surface area contributed by atoms with Crippen molar-refractivity contribution in [1.82, 2.24) is 5.32 Å². The molecule has 0 aromatic heterocycles. The summed E-state index contributed by atoms with van der Waals surface area (Å²) in [6, 6.07) is 6.89. The highest BCUT2D eigenvalue weighted by Crippen LogP contribution is 2.39. The Labute approximate surface area is 91.6 Å². The maximum atomic E-state index is 5.66. The van der Waals surface area contributed by atoms with Crippen molar-refractivity contribution in [2.45, 2.75) is 32.2 Å². The number of ether oxygens (including phenoxy) is 1. The monoisotopic (exact) mass is 205 g/mol. The lowest BCUT2D eigenvalue weighted by Crippen LogP contribution is -2.19. The largest absolute Gasteiger partial charge is 0.492 e. The van der Waals surface area contributed by atoms with E-state index in [-0.39, 0.29) is 5.41 Å². The van der Waals surface area contributed by atoms with Gasteiger partial charge in [-0.2, -0.15) is 0 Å². The molecule has 2 heteroatoms. The number of nitrogens with one attached hydrogen (secondary N) is 1. The number of hydrogen-bond acceptors (Lipinski definition) is 2. The molecule has 15 heavy (non-hydrogen) atoms. The van der Waals surface area contributed by atoms with Crippen LogP contribution in [0.3, 0.4) is 0 Å². The van der Waals surface area contributed by atoms with E-state index in [1.807, 2.05) is 7.05 Å². The van der Waals surface area contributed by atoms with Gasteiger partial charge in [0.15, 0.2) is 0 Å². The Kier molecular flexibility index (Phi) is 2.47. The van der Waals surface area contributed by atoms with Crippen LogP contribution in [0.5, 0.6) is 5.75 Å². The van der Waals surface area contributed by atoms with Gasteiger partial charge in [-0.3, -0.25) is 0 Å². The molecule has 0 saturated carbocycles. The Morgan fingerprint density at radius 3 is 2.80 bits per heavy atom. The SMILES string of the molecule is CNC(C)c1ccc2c(c1)C(C)(C)CO2. The molecule has 2 nitrogen and oxygen atoms in total. The predicted molar refractivity (Wildman–Crippen MR) is 62.4 cm³/mol. The van der Waals surface area contributed by atoms with E-state index in [1.54, 1.807) is 0 Å². The minimum absolute atomic E-state index is 0.152. The summed E-state index contributed by atoms with van der Waals surface area (Å²) in [5.41, 5.74) is 2.82. The first-order valence-electron chi connectivity index (χ1n) is 5.49. The van der Waals surface area contributed by atoms with Crippen LogP contribution in [-0.2, 0) is 5.41 Å². The zero-order valence-electron chi connectivity index (χ0n) is 9.92. The van der Waals surface area contributed by atoms with Gasteiger partial charge in [-0.1, -0.05) is 19.9 Å². The smallest absolute Gasteiger partial charge is 0.123 e. The molecule has 0 fully saturated rings. The predicted octanol–water partition coefficient (Wildman–Crippen LogP) is 2.64. The molecule has 0 saturated heterocycles. The number of fused-ring (bicyclic) bond motifs is 1. The van der Waals surface area contributed by atoms with E-state index in [1.165, 1.54) is 11.1 Å². The molecule has 1 N–H and O–H groups in total. The summed E-state index contributed by atoms with van der Waals surface area (Å²) >= 11 is 0. The van der Waals surface area contributed by atoms with Crippen LogP contribution in [-0.4, -0.2) is 13.7 Å². The van der Waals surface area contributed by atoms with E-state index in [9.17, 15) is 0 Å². The van der Waals surface area contributed by atoms with Gasteiger partial charge >= 0.3 is 0 Å². The van der Waals surface area contributed by atoms with Crippen molar-refractivity contribution in [3.05, 3.63) is 29.3 Å². The zero-order chi connectivity index (χ0) is 11.1. The molecular formula is C13H19NO. The maximum Gasteiger partial charge on any atom is 0.123 e. The fourth-order valence-corrected chi connectivity index (χ4v) is 1.97. The quantitative estimate of drug-likeness (QED) is 0.801. The van der Waals surface area contributed by atoms with Crippen molar-refractivity contribution in [3.63, 3.8) is 0 Å². The lowest BCUT2D eigenvalue weighted by atomic mass is 9.85. The summed E-state index contributed by atoms with van der Waals surface area (Å²) < 4.78 is 5.66. The molecule has 1 aliphatic heterocycles. The van der Waals surface area contributed by atoms with Gasteiger partial charge in [0.05, 0.1) is 6.61 Å². The number of benzene rings is 1. The van der Waals surface area contributed by atoms with Crippen LogP contribution in [0.25, 0.3) is 0 Å². The van der Waals surface area contributed by atoms with Gasteiger partial charge in [-0.05, 0) is 31.7 Å². The van der Waals surface area contributed by atoms with E-state index in [2.05, 4.69) is 44.3 Å². The standard InChI is InChI=1S/C13H19NO/c1-9(14-4)10-5-6-12-11(7-10)13(2,3)8-15-12/h5-7,9,14H,8H2,1-4H3. The van der Waals surface area contributed by atoms with Crippen molar-refractivity contribution in [2.75, 3.05) is 13.7 Å². The fourth-order valence-electron chi connectivity index (χ4n) is 1.97. The van der Waals surface area contributed by atoms with Gasteiger partial charge in [0, 0.05) is 17.0 Å². The van der Waals surface area contributed by atoms with Gasteiger partial charge in [0.25, 0.3) is 0 Å². The molecule has 0 amide bonds. The molecule has 0 radical (unpaired) electrons. The second-order valence-electron chi connectivity index (χ2n) is 4.94. The first-order chi connectivity index (χ1) is 7.04. The number of rotatable bonds is 2. The van der Waals surface area contributed by atoms with Crippen molar-refractivity contribution in [2.24, 2.45) is 0 Å². The van der Waals surface area contributed by atoms with Gasteiger partial charge in [0.2, 0.25) is 0 Å². The molecule has 1 aromatic carbocycles. The Morgan fingerprint density at radius 1 is 1.40 bits per heavy atom. The summed E-state index contributed by atoms with van der Waals surface area (Å²) in [5.74, 6) is 1.05. The van der Waals surface area contributed by atoms with Crippen LogP contribution in [0, 0.1) is 0 Å². The van der Waals surface area contributed by atoms with Crippen LogP contribution in [0.4, 0.5) is 0 Å². The second-order valence-corrected chi connectivity index (χ2v) is 4.94. The van der Waals surface area contributed by atoms with Gasteiger partial charge in [0.1, 0.15) is 5.75 Å². The summed E-state index contributed by atoms with van der Waals surface area (Å²) in [7, 11) is 1.99. The van der Waals surface area contributed by atoms with Crippen molar-refractivity contribution >= 4 is 0 Å². The number of hydrogen-bond donors (Lipinski definition) is 1. The zero-order valence-corrected chi connectivity index (χ0v) is 9.92. The average molecular weight is 205 g/mol. The van der Waals surface area contributed by atoms with Crippen LogP contribution in [0.2, 0.25) is 0 Å². The summed E-state index contributed by atoms with van der Waals surface area (Å²) in [6.07, 6.45) is 0. The Bertz CT molecular complexity index is 371. The Balaban J connectivity index is 2.41. The van der Waals surface area contributed by atoms with Gasteiger partial charge in [-0.15, -0.1) is 0 Å². The summed E-state index contributed by atoms with van der Waals surface area (Å²) in [4.78, 5) is 0. The second kappa shape index (κ2) is 3.53. The molecule has 2 rings (SSSR count). The molecule has 0 aliphatic carbocycles. The maximum absolute atomic E-state index is 5.66. The molecule has 1 unspecified atom stereocenters. The fraction of sp³-hybridized carbons (Fsp3) is 0.538. The molecular weight excluding hydrogens is 186 g/mol. The van der Waals surface area contributed by atoms with Crippen LogP contribution >= 0.6 is 0 Å². The third kappa shape index (κ3) is 1.74. The van der Waals surface area contributed by atoms with E-state index in [0.717, 1.165) is 12.4 Å². The van der Waals surface area contributed by atoms with E-state index >= 15 is 0 Å². The molecule has 1 heterocycles. The lowest BCUT2D eigenvalue weighted by Gasteiger charge is -2.17. The Hall–Kier alpha value is -1.02. The Morgan fingerprint density at radius 2 is 2.13 bits per heavy atom. The third-order valence-corrected chi connectivity index (χ3v) is 3.25. The highest BCUT2D eigenvalue weighted by Gasteiger charge is 2.31. The molecule has 0 spiro atoms. The summed E-state index contributed by atoms with van der Waals surface area (Å²) in [6.45, 7) is 7.42. The highest BCUT2D eigenvalue weighted by atomic mass is 16.5. The third-order valence-electron chi connectivity index (χ3n) is 3.25. The van der Waals surface area contributed by atoms with Crippen molar-refractivity contribution < 1.29 is 4.74 Å². The van der Waals surface area contributed by atoms with Crippen LogP contribution < -0.4 is 10.1 Å². The van der Waals surface area contributed by atoms with Gasteiger partial charge in [-0.25, -0.2) is 0 Å². The average Bonchev–Trinajstić information content (AvgIpc) is 2.53. The molecule has 1 aliphatic rings.